The summed E-state index contributed by atoms with van der Waals surface area (Å²) in [5, 5.41) is 3.37. The molecule has 0 radical (unpaired) electrons. The van der Waals surface area contributed by atoms with Crippen molar-refractivity contribution in [2.45, 2.75) is 25.7 Å². The van der Waals surface area contributed by atoms with Crippen molar-refractivity contribution in [1.82, 2.24) is 5.32 Å². The second-order valence-electron chi connectivity index (χ2n) is 3.69. The minimum Gasteiger partial charge on any atom is -0.330 e. The summed E-state index contributed by atoms with van der Waals surface area (Å²) in [6, 6.07) is 0. The van der Waals surface area contributed by atoms with E-state index < -0.39 is 0 Å². The molecule has 1 rings (SSSR count). The van der Waals surface area contributed by atoms with Gasteiger partial charge in [-0.15, -0.1) is 0 Å². The summed E-state index contributed by atoms with van der Waals surface area (Å²) in [6.45, 7) is 7.15. The molecule has 0 bridgehead atoms. The number of piperidine rings is 1. The van der Waals surface area contributed by atoms with Crippen molar-refractivity contribution in [1.29, 1.82) is 0 Å². The van der Waals surface area contributed by atoms with Crippen molar-refractivity contribution in [2.24, 2.45) is 11.7 Å². The topological polar surface area (TPSA) is 38.0 Å². The van der Waals surface area contributed by atoms with E-state index in [1.54, 1.807) is 0 Å². The second kappa shape index (κ2) is 5.33. The average molecular weight is 168 g/mol. The molecule has 0 aliphatic carbocycles. The number of hydrogen-bond acceptors (Lipinski definition) is 2. The maximum Gasteiger partial charge on any atom is -0.00400 e. The Morgan fingerprint density at radius 1 is 1.42 bits per heavy atom. The molecule has 0 unspecified atom stereocenters. The fourth-order valence-corrected chi connectivity index (χ4v) is 1.80. The van der Waals surface area contributed by atoms with Crippen LogP contribution in [0.2, 0.25) is 0 Å². The Kier molecular flexibility index (Phi) is 4.33. The molecule has 1 saturated heterocycles. The fraction of sp³-hybridized carbons (Fsp3) is 0.800. The van der Waals surface area contributed by atoms with Crippen LogP contribution in [0.4, 0.5) is 0 Å². The zero-order chi connectivity index (χ0) is 8.81. The number of rotatable bonds is 4. The summed E-state index contributed by atoms with van der Waals surface area (Å²) in [5.74, 6) is 0.866. The Bertz CT molecular complexity index is 137. The summed E-state index contributed by atoms with van der Waals surface area (Å²) in [5.41, 5.74) is 6.80. The summed E-state index contributed by atoms with van der Waals surface area (Å²) in [4.78, 5) is 0. The quantitative estimate of drug-likeness (QED) is 0.621. The SMILES string of the molecule is C=C(CCN)CC1CCNCC1. The third kappa shape index (κ3) is 3.37. The van der Waals surface area contributed by atoms with Gasteiger partial charge in [0.05, 0.1) is 0 Å². The molecule has 70 valence electrons. The van der Waals surface area contributed by atoms with E-state index in [4.69, 9.17) is 5.73 Å². The van der Waals surface area contributed by atoms with Crippen LogP contribution >= 0.6 is 0 Å². The van der Waals surface area contributed by atoms with E-state index >= 15 is 0 Å². The molecule has 1 heterocycles. The lowest BCUT2D eigenvalue weighted by molar-refractivity contribution is 0.370. The Balaban J connectivity index is 2.15. The molecule has 2 heteroatoms. The fourth-order valence-electron chi connectivity index (χ4n) is 1.80. The van der Waals surface area contributed by atoms with Crippen molar-refractivity contribution in [3.8, 4) is 0 Å². The highest BCUT2D eigenvalue weighted by Crippen LogP contribution is 2.20. The highest BCUT2D eigenvalue weighted by molar-refractivity contribution is 4.96. The van der Waals surface area contributed by atoms with E-state index in [0.717, 1.165) is 18.9 Å². The van der Waals surface area contributed by atoms with Crippen LogP contribution < -0.4 is 11.1 Å². The number of hydrogen-bond donors (Lipinski definition) is 2. The van der Waals surface area contributed by atoms with E-state index in [-0.39, 0.29) is 0 Å². The van der Waals surface area contributed by atoms with Gasteiger partial charge in [0.2, 0.25) is 0 Å². The lowest BCUT2D eigenvalue weighted by atomic mass is 9.90. The van der Waals surface area contributed by atoms with Gasteiger partial charge in [-0.2, -0.15) is 0 Å². The molecule has 2 nitrogen and oxygen atoms in total. The summed E-state index contributed by atoms with van der Waals surface area (Å²) < 4.78 is 0. The average Bonchev–Trinajstić information content (AvgIpc) is 2.06. The zero-order valence-corrected chi connectivity index (χ0v) is 7.81. The maximum absolute atomic E-state index is 5.46. The normalized spacial score (nSPS) is 19.4. The van der Waals surface area contributed by atoms with Gasteiger partial charge < -0.3 is 11.1 Å². The molecule has 0 amide bonds. The number of nitrogens with one attached hydrogen (secondary N) is 1. The van der Waals surface area contributed by atoms with Gasteiger partial charge in [0, 0.05) is 0 Å². The second-order valence-corrected chi connectivity index (χ2v) is 3.69. The van der Waals surface area contributed by atoms with E-state index in [2.05, 4.69) is 11.9 Å². The predicted octanol–water partition coefficient (Wildman–Crippen LogP) is 1.28. The van der Waals surface area contributed by atoms with Gasteiger partial charge in [-0.3, -0.25) is 0 Å². The first-order valence-corrected chi connectivity index (χ1v) is 4.90. The summed E-state index contributed by atoms with van der Waals surface area (Å²) in [6.07, 6.45) is 4.82. The van der Waals surface area contributed by atoms with Crippen LogP contribution in [-0.2, 0) is 0 Å². The van der Waals surface area contributed by atoms with Gasteiger partial charge in [-0.05, 0) is 51.2 Å². The van der Waals surface area contributed by atoms with Crippen LogP contribution in [0.15, 0.2) is 12.2 Å². The lowest BCUT2D eigenvalue weighted by Crippen LogP contribution is -2.27. The first-order valence-electron chi connectivity index (χ1n) is 4.90. The molecule has 0 atom stereocenters. The van der Waals surface area contributed by atoms with Crippen LogP contribution in [0, 0.1) is 5.92 Å². The third-order valence-electron chi connectivity index (χ3n) is 2.53. The molecule has 0 aromatic rings. The minimum absolute atomic E-state index is 0.754. The molecular weight excluding hydrogens is 148 g/mol. The van der Waals surface area contributed by atoms with Crippen molar-refractivity contribution >= 4 is 0 Å². The van der Waals surface area contributed by atoms with E-state index in [1.165, 1.54) is 37.9 Å². The van der Waals surface area contributed by atoms with E-state index in [0.29, 0.717) is 0 Å². The Morgan fingerprint density at radius 3 is 2.67 bits per heavy atom. The molecule has 0 aromatic heterocycles. The first-order chi connectivity index (χ1) is 5.83. The van der Waals surface area contributed by atoms with Crippen molar-refractivity contribution in [3.63, 3.8) is 0 Å². The molecule has 1 fully saturated rings. The van der Waals surface area contributed by atoms with Crippen LogP contribution in [0.1, 0.15) is 25.7 Å². The zero-order valence-electron chi connectivity index (χ0n) is 7.81. The van der Waals surface area contributed by atoms with Gasteiger partial charge in [0.15, 0.2) is 0 Å². The minimum atomic E-state index is 0.754. The molecule has 1 aliphatic heterocycles. The lowest BCUT2D eigenvalue weighted by Gasteiger charge is -2.23. The van der Waals surface area contributed by atoms with Gasteiger partial charge in [-0.25, -0.2) is 0 Å². The Morgan fingerprint density at radius 2 is 2.08 bits per heavy atom. The monoisotopic (exact) mass is 168 g/mol. The van der Waals surface area contributed by atoms with E-state index in [9.17, 15) is 0 Å². The van der Waals surface area contributed by atoms with Crippen molar-refractivity contribution < 1.29 is 0 Å². The van der Waals surface area contributed by atoms with Gasteiger partial charge >= 0.3 is 0 Å². The first kappa shape index (κ1) is 9.75. The van der Waals surface area contributed by atoms with Crippen molar-refractivity contribution in [2.75, 3.05) is 19.6 Å². The largest absolute Gasteiger partial charge is 0.330 e. The van der Waals surface area contributed by atoms with Crippen LogP contribution in [-0.4, -0.2) is 19.6 Å². The smallest absolute Gasteiger partial charge is 0.00400 e. The molecule has 0 aromatic carbocycles. The van der Waals surface area contributed by atoms with Crippen LogP contribution in [0.25, 0.3) is 0 Å². The summed E-state index contributed by atoms with van der Waals surface area (Å²) >= 11 is 0. The van der Waals surface area contributed by atoms with E-state index in [1.807, 2.05) is 0 Å². The maximum atomic E-state index is 5.46. The molecule has 12 heavy (non-hydrogen) atoms. The van der Waals surface area contributed by atoms with Gasteiger partial charge in [0.25, 0.3) is 0 Å². The molecule has 1 aliphatic rings. The van der Waals surface area contributed by atoms with Gasteiger partial charge in [0.1, 0.15) is 0 Å². The molecule has 3 N–H and O–H groups in total. The highest BCUT2D eigenvalue weighted by Gasteiger charge is 2.13. The van der Waals surface area contributed by atoms with Crippen LogP contribution in [0.5, 0.6) is 0 Å². The van der Waals surface area contributed by atoms with Gasteiger partial charge in [-0.1, -0.05) is 12.2 Å². The molecule has 0 saturated carbocycles. The molecular formula is C10H20N2. The third-order valence-corrected chi connectivity index (χ3v) is 2.53. The predicted molar refractivity (Wildman–Crippen MR) is 53.0 cm³/mol. The van der Waals surface area contributed by atoms with Crippen LogP contribution in [0.3, 0.4) is 0 Å². The standard InChI is InChI=1S/C10H20N2/c1-9(2-5-11)8-10-3-6-12-7-4-10/h10,12H,1-8,11H2. The highest BCUT2D eigenvalue weighted by atomic mass is 14.9. The van der Waals surface area contributed by atoms with Crippen molar-refractivity contribution in [3.05, 3.63) is 12.2 Å². The Labute approximate surface area is 75.2 Å². The molecule has 0 spiro atoms. The Hall–Kier alpha value is -0.340. The number of nitrogens with two attached hydrogens (primary N) is 1. The summed E-state index contributed by atoms with van der Waals surface area (Å²) in [7, 11) is 0.